The molecule has 2 aliphatic heterocycles. The van der Waals surface area contributed by atoms with Crippen LogP contribution in [0.1, 0.15) is 52.9 Å². The Morgan fingerprint density at radius 3 is 2.36 bits per heavy atom. The predicted molar refractivity (Wildman–Crippen MR) is 110 cm³/mol. The maximum absolute atomic E-state index is 11.8. The van der Waals surface area contributed by atoms with E-state index in [-0.39, 0.29) is 17.8 Å². The van der Waals surface area contributed by atoms with E-state index in [9.17, 15) is 4.79 Å². The number of epoxide rings is 1. The van der Waals surface area contributed by atoms with Gasteiger partial charge in [0.05, 0.1) is 19.3 Å². The number of allylic oxidation sites excluding steroid dienone is 5. The highest BCUT2D eigenvalue weighted by Crippen LogP contribution is 2.55. The second-order valence-corrected chi connectivity index (χ2v) is 8.32. The molecule has 0 aromatic carbocycles. The van der Waals surface area contributed by atoms with Gasteiger partial charge in [-0.05, 0) is 60.1 Å². The molecule has 1 aromatic heterocycles. The molecule has 3 heterocycles. The van der Waals surface area contributed by atoms with Crippen LogP contribution in [-0.4, -0.2) is 30.5 Å². The molecule has 0 aliphatic carbocycles. The highest BCUT2D eigenvalue weighted by atomic mass is 16.7. The maximum Gasteiger partial charge on any atom is 0.339 e. The molecule has 5 heteroatoms. The van der Waals surface area contributed by atoms with Crippen molar-refractivity contribution in [3.8, 4) is 5.75 Å². The van der Waals surface area contributed by atoms with Crippen LogP contribution in [0.15, 0.2) is 44.7 Å². The van der Waals surface area contributed by atoms with Gasteiger partial charge in [0.2, 0.25) is 0 Å². The lowest BCUT2D eigenvalue weighted by Gasteiger charge is -2.24. The van der Waals surface area contributed by atoms with E-state index in [4.69, 9.17) is 18.6 Å². The van der Waals surface area contributed by atoms with Gasteiger partial charge in [-0.1, -0.05) is 23.3 Å². The SMILES string of the molecule is COc1cc(=O)oc(/C(C)=C/C(C)=C/C(C)=C/C2(C)OC(C)C3(C)OC23)c1C. The Kier molecular flexibility index (Phi) is 5.19. The van der Waals surface area contributed by atoms with E-state index in [0.29, 0.717) is 11.5 Å². The minimum Gasteiger partial charge on any atom is -0.496 e. The topological polar surface area (TPSA) is 61.2 Å². The Balaban J connectivity index is 1.84. The van der Waals surface area contributed by atoms with Crippen LogP contribution in [0.25, 0.3) is 5.57 Å². The van der Waals surface area contributed by atoms with Gasteiger partial charge in [-0.2, -0.15) is 0 Å². The van der Waals surface area contributed by atoms with Crippen LogP contribution in [-0.2, 0) is 9.47 Å². The van der Waals surface area contributed by atoms with E-state index < -0.39 is 11.2 Å². The monoisotopic (exact) mass is 386 g/mol. The molecule has 0 N–H and O–H groups in total. The predicted octanol–water partition coefficient (Wildman–Crippen LogP) is 4.59. The van der Waals surface area contributed by atoms with Gasteiger partial charge in [0.1, 0.15) is 28.8 Å². The van der Waals surface area contributed by atoms with Gasteiger partial charge in [-0.25, -0.2) is 4.79 Å². The molecule has 2 fully saturated rings. The van der Waals surface area contributed by atoms with Crippen LogP contribution in [0.3, 0.4) is 0 Å². The molecule has 5 nitrogen and oxygen atoms in total. The van der Waals surface area contributed by atoms with Crippen molar-refractivity contribution in [3.63, 3.8) is 0 Å². The molecule has 28 heavy (non-hydrogen) atoms. The summed E-state index contributed by atoms with van der Waals surface area (Å²) in [5.41, 5.74) is 2.82. The van der Waals surface area contributed by atoms with Gasteiger partial charge in [-0.3, -0.25) is 0 Å². The van der Waals surface area contributed by atoms with Gasteiger partial charge in [-0.15, -0.1) is 0 Å². The fourth-order valence-corrected chi connectivity index (χ4v) is 4.31. The first-order valence-electron chi connectivity index (χ1n) is 9.61. The molecule has 4 atom stereocenters. The summed E-state index contributed by atoms with van der Waals surface area (Å²) in [5.74, 6) is 1.07. The van der Waals surface area contributed by atoms with Gasteiger partial charge >= 0.3 is 5.63 Å². The van der Waals surface area contributed by atoms with Crippen molar-refractivity contribution in [2.75, 3.05) is 7.11 Å². The Morgan fingerprint density at radius 2 is 1.82 bits per heavy atom. The Hall–Kier alpha value is -2.11. The van der Waals surface area contributed by atoms with Crippen molar-refractivity contribution >= 4 is 5.57 Å². The number of fused-ring (bicyclic) bond motifs is 1. The second-order valence-electron chi connectivity index (χ2n) is 8.32. The molecule has 0 amide bonds. The van der Waals surface area contributed by atoms with Crippen LogP contribution >= 0.6 is 0 Å². The molecule has 0 radical (unpaired) electrons. The smallest absolute Gasteiger partial charge is 0.339 e. The summed E-state index contributed by atoms with van der Waals surface area (Å²) in [5, 5.41) is 0. The van der Waals surface area contributed by atoms with E-state index in [2.05, 4.69) is 39.8 Å². The van der Waals surface area contributed by atoms with Crippen molar-refractivity contribution in [2.24, 2.45) is 0 Å². The number of hydrogen-bond donors (Lipinski definition) is 0. The summed E-state index contributed by atoms with van der Waals surface area (Å²) < 4.78 is 22.7. The van der Waals surface area contributed by atoms with E-state index >= 15 is 0 Å². The highest BCUT2D eigenvalue weighted by Gasteiger charge is 2.70. The molecule has 0 saturated carbocycles. The molecule has 152 valence electrons. The first-order valence-corrected chi connectivity index (χ1v) is 9.61. The van der Waals surface area contributed by atoms with Crippen LogP contribution in [0, 0.1) is 6.92 Å². The third-order valence-electron chi connectivity index (χ3n) is 5.75. The van der Waals surface area contributed by atoms with Crippen LogP contribution in [0.2, 0.25) is 0 Å². The highest BCUT2D eigenvalue weighted by molar-refractivity contribution is 5.66. The van der Waals surface area contributed by atoms with Gasteiger partial charge in [0.15, 0.2) is 0 Å². The van der Waals surface area contributed by atoms with E-state index in [1.165, 1.54) is 6.07 Å². The molecule has 4 unspecified atom stereocenters. The maximum atomic E-state index is 11.8. The van der Waals surface area contributed by atoms with E-state index in [1.54, 1.807) is 7.11 Å². The first-order chi connectivity index (χ1) is 13.0. The molecule has 2 aliphatic rings. The summed E-state index contributed by atoms with van der Waals surface area (Å²) in [7, 11) is 1.55. The van der Waals surface area contributed by atoms with Crippen molar-refractivity contribution in [1.82, 2.24) is 0 Å². The molecule has 3 rings (SSSR count). The lowest BCUT2D eigenvalue weighted by Crippen LogP contribution is -2.30. The summed E-state index contributed by atoms with van der Waals surface area (Å²) in [6.07, 6.45) is 6.41. The quantitative estimate of drug-likeness (QED) is 0.547. The standard InChI is InChI=1S/C23H30O5/c1-13(10-15(3)20-16(4)18(25-8)11-19(24)26-20)9-14(2)12-22(6)21-23(7,28-21)17(5)27-22/h9-12,17,21H,1-8H3/b13-9+,14-12+,15-10+. The number of ether oxygens (including phenoxy) is 3. The Morgan fingerprint density at radius 1 is 1.14 bits per heavy atom. The number of hydrogen-bond acceptors (Lipinski definition) is 5. The zero-order chi connectivity index (χ0) is 20.9. The third-order valence-corrected chi connectivity index (χ3v) is 5.75. The molecular weight excluding hydrogens is 356 g/mol. The van der Waals surface area contributed by atoms with Gasteiger partial charge in [0, 0.05) is 5.56 Å². The lowest BCUT2D eigenvalue weighted by atomic mass is 9.93. The van der Waals surface area contributed by atoms with Gasteiger partial charge < -0.3 is 18.6 Å². The third kappa shape index (κ3) is 3.61. The minimum atomic E-state index is -0.421. The zero-order valence-electron chi connectivity index (χ0n) is 18.0. The fourth-order valence-electron chi connectivity index (χ4n) is 4.31. The van der Waals surface area contributed by atoms with E-state index in [0.717, 1.165) is 22.3 Å². The Bertz CT molecular complexity index is 935. The molecule has 0 spiro atoms. The summed E-state index contributed by atoms with van der Waals surface area (Å²) in [6, 6.07) is 1.36. The normalized spacial score (nSPS) is 33.1. The van der Waals surface area contributed by atoms with Crippen molar-refractivity contribution in [3.05, 3.63) is 57.2 Å². The van der Waals surface area contributed by atoms with Crippen LogP contribution in [0.5, 0.6) is 5.75 Å². The minimum absolute atomic E-state index is 0.0812. The molecule has 2 saturated heterocycles. The second kappa shape index (κ2) is 7.05. The number of methoxy groups -OCH3 is 1. The Labute approximate surface area is 166 Å². The molecule has 1 aromatic rings. The van der Waals surface area contributed by atoms with Crippen LogP contribution in [0.4, 0.5) is 0 Å². The van der Waals surface area contributed by atoms with Crippen molar-refractivity contribution in [2.45, 2.75) is 71.9 Å². The lowest BCUT2D eigenvalue weighted by molar-refractivity contribution is -0.0719. The summed E-state index contributed by atoms with van der Waals surface area (Å²) >= 11 is 0. The van der Waals surface area contributed by atoms with E-state index in [1.807, 2.05) is 26.8 Å². The molecular formula is C23H30O5. The number of rotatable bonds is 5. The van der Waals surface area contributed by atoms with Crippen molar-refractivity contribution in [1.29, 1.82) is 0 Å². The fraction of sp³-hybridized carbons (Fsp3) is 0.522. The average molecular weight is 386 g/mol. The summed E-state index contributed by atoms with van der Waals surface area (Å²) in [4.78, 5) is 11.8. The summed E-state index contributed by atoms with van der Waals surface area (Å²) in [6.45, 7) is 14.1. The van der Waals surface area contributed by atoms with Crippen molar-refractivity contribution < 1.29 is 18.6 Å². The largest absolute Gasteiger partial charge is 0.496 e. The average Bonchev–Trinajstić information content (AvgIpc) is 3.25. The van der Waals surface area contributed by atoms with Crippen LogP contribution < -0.4 is 10.4 Å². The molecule has 0 bridgehead atoms. The van der Waals surface area contributed by atoms with Gasteiger partial charge in [0.25, 0.3) is 0 Å². The first kappa shape index (κ1) is 20.6. The zero-order valence-corrected chi connectivity index (χ0v) is 18.0.